The maximum Gasteiger partial charge on any atom is 0.255 e. The molecular weight excluding hydrogens is 480 g/mol. The Bertz CT molecular complexity index is 1100. The van der Waals surface area contributed by atoms with E-state index in [1.54, 1.807) is 14.2 Å². The number of carbonyl (C=O) groups is 1. The minimum atomic E-state index is -0.216. The number of rotatable bonds is 10. The predicted molar refractivity (Wildman–Crippen MR) is 139 cm³/mol. The van der Waals surface area contributed by atoms with Crippen molar-refractivity contribution >= 4 is 17.5 Å². The number of carbonyl (C=O) groups excluding carboxylic acids is 1. The molecule has 36 heavy (non-hydrogen) atoms. The first-order valence-electron chi connectivity index (χ1n) is 12.8. The summed E-state index contributed by atoms with van der Waals surface area (Å²) in [7, 11) is 3.32. The molecule has 7 nitrogen and oxygen atoms in total. The number of nitrogens with zero attached hydrogens (tertiary/aromatic N) is 2. The minimum Gasteiger partial charge on any atom is -0.496 e. The topological polar surface area (TPSA) is 70.1 Å². The first-order chi connectivity index (χ1) is 17.4. The van der Waals surface area contributed by atoms with E-state index in [-0.39, 0.29) is 17.9 Å². The van der Waals surface area contributed by atoms with Gasteiger partial charge >= 0.3 is 0 Å². The summed E-state index contributed by atoms with van der Waals surface area (Å²) in [4.78, 5) is 20.3. The van der Waals surface area contributed by atoms with Gasteiger partial charge < -0.3 is 23.8 Å². The van der Waals surface area contributed by atoms with Crippen LogP contribution >= 0.6 is 11.6 Å². The fourth-order valence-corrected chi connectivity index (χ4v) is 5.58. The van der Waals surface area contributed by atoms with Gasteiger partial charge in [-0.2, -0.15) is 0 Å². The number of methoxy groups -OCH3 is 2. The quantitative estimate of drug-likeness (QED) is 0.390. The zero-order valence-corrected chi connectivity index (χ0v) is 22.7. The first kappa shape index (κ1) is 26.7. The summed E-state index contributed by atoms with van der Waals surface area (Å²) in [5.74, 6) is 1.32. The van der Waals surface area contributed by atoms with Crippen molar-refractivity contribution in [2.75, 3.05) is 40.6 Å². The molecule has 4 rings (SSSR count). The van der Waals surface area contributed by atoms with Crippen molar-refractivity contribution in [1.29, 1.82) is 0 Å². The van der Waals surface area contributed by atoms with Gasteiger partial charge in [-0.25, -0.2) is 4.98 Å². The number of benzene rings is 1. The Hall–Kier alpha value is -2.35. The number of aromatic nitrogens is 1. The zero-order chi connectivity index (χ0) is 25.8. The average molecular weight is 517 g/mol. The molecule has 8 heteroatoms. The number of pyridine rings is 1. The number of fused-ring (bicyclic) bond motifs is 1. The molecule has 3 heterocycles. The second-order valence-corrected chi connectivity index (χ2v) is 10.0. The van der Waals surface area contributed by atoms with E-state index < -0.39 is 0 Å². The number of hydrogen-bond donors (Lipinski definition) is 0. The molecule has 1 saturated heterocycles. The molecule has 2 aliphatic rings. The summed E-state index contributed by atoms with van der Waals surface area (Å²) in [5, 5.41) is 0.484. The van der Waals surface area contributed by atoms with Crippen LogP contribution in [0.1, 0.15) is 70.6 Å². The van der Waals surface area contributed by atoms with E-state index in [9.17, 15) is 4.79 Å². The van der Waals surface area contributed by atoms with Crippen LogP contribution in [-0.4, -0.2) is 56.4 Å². The van der Waals surface area contributed by atoms with Gasteiger partial charge in [0.25, 0.3) is 5.91 Å². The van der Waals surface area contributed by atoms with Crippen molar-refractivity contribution in [2.45, 2.75) is 59.1 Å². The van der Waals surface area contributed by atoms with E-state index in [4.69, 9.17) is 30.5 Å². The molecule has 2 atom stereocenters. The molecule has 2 aliphatic heterocycles. The van der Waals surface area contributed by atoms with Crippen molar-refractivity contribution in [3.05, 3.63) is 50.7 Å². The number of ether oxygens (including phenoxy) is 4. The number of unbranched alkanes of at least 4 members (excludes halogenated alkanes) is 1. The highest BCUT2D eigenvalue weighted by Crippen LogP contribution is 2.41. The van der Waals surface area contributed by atoms with Crippen LogP contribution in [0.3, 0.4) is 0 Å². The molecule has 1 fully saturated rings. The molecule has 1 aromatic carbocycles. The Kier molecular flexibility index (Phi) is 8.75. The third-order valence-electron chi connectivity index (χ3n) is 7.19. The van der Waals surface area contributed by atoms with Gasteiger partial charge in [0.15, 0.2) is 0 Å². The van der Waals surface area contributed by atoms with E-state index in [2.05, 4.69) is 18.0 Å². The molecule has 2 aromatic rings. The molecule has 1 aromatic heterocycles. The maximum atomic E-state index is 13.9. The smallest absolute Gasteiger partial charge is 0.255 e. The SMILES string of the molecule is CCCCOc1nc(C)cc(OC)c1CN1CCc2c(C)cc([C@H](OC)[C@@H]3CCOC3)c(Cl)c2C1=O. The lowest BCUT2D eigenvalue weighted by Crippen LogP contribution is -2.38. The van der Waals surface area contributed by atoms with Gasteiger partial charge in [0.05, 0.1) is 49.1 Å². The predicted octanol–water partition coefficient (Wildman–Crippen LogP) is 5.46. The highest BCUT2D eigenvalue weighted by atomic mass is 35.5. The third-order valence-corrected chi connectivity index (χ3v) is 7.60. The van der Waals surface area contributed by atoms with E-state index in [1.165, 1.54) is 0 Å². The number of amides is 1. The maximum absolute atomic E-state index is 13.9. The van der Waals surface area contributed by atoms with E-state index in [0.29, 0.717) is 55.1 Å². The Labute approximate surface area is 219 Å². The van der Waals surface area contributed by atoms with Crippen LogP contribution in [0.4, 0.5) is 0 Å². The van der Waals surface area contributed by atoms with Crippen LogP contribution in [-0.2, 0) is 22.4 Å². The summed E-state index contributed by atoms with van der Waals surface area (Å²) in [5.41, 5.74) is 5.10. The molecule has 0 spiro atoms. The van der Waals surface area contributed by atoms with Crippen molar-refractivity contribution < 1.29 is 23.7 Å². The van der Waals surface area contributed by atoms with Gasteiger partial charge in [-0.3, -0.25) is 4.79 Å². The fourth-order valence-electron chi connectivity index (χ4n) is 5.23. The molecule has 0 radical (unpaired) electrons. The second kappa shape index (κ2) is 11.8. The van der Waals surface area contributed by atoms with Crippen molar-refractivity contribution in [1.82, 2.24) is 9.88 Å². The van der Waals surface area contributed by atoms with Gasteiger partial charge in [-0.15, -0.1) is 0 Å². The molecule has 0 saturated carbocycles. The van der Waals surface area contributed by atoms with Crippen LogP contribution in [0, 0.1) is 19.8 Å². The van der Waals surface area contributed by atoms with Crippen LogP contribution in [0.25, 0.3) is 0 Å². The largest absolute Gasteiger partial charge is 0.496 e. The molecular formula is C28H37ClN2O5. The van der Waals surface area contributed by atoms with Crippen LogP contribution in [0.15, 0.2) is 12.1 Å². The second-order valence-electron chi connectivity index (χ2n) is 9.66. The van der Waals surface area contributed by atoms with E-state index in [1.807, 2.05) is 24.8 Å². The minimum absolute atomic E-state index is 0.0918. The highest BCUT2D eigenvalue weighted by molar-refractivity contribution is 6.35. The summed E-state index contributed by atoms with van der Waals surface area (Å²) in [6.45, 7) is 8.90. The Morgan fingerprint density at radius 2 is 2.08 bits per heavy atom. The van der Waals surface area contributed by atoms with Gasteiger partial charge in [-0.1, -0.05) is 31.0 Å². The fraction of sp³-hybridized carbons (Fsp3) is 0.571. The summed E-state index contributed by atoms with van der Waals surface area (Å²) < 4.78 is 23.2. The van der Waals surface area contributed by atoms with Crippen molar-refractivity contribution in [3.63, 3.8) is 0 Å². The lowest BCUT2D eigenvalue weighted by Gasteiger charge is -2.33. The van der Waals surface area contributed by atoms with Gasteiger partial charge in [-0.05, 0) is 44.2 Å². The molecule has 1 amide bonds. The number of hydrogen-bond acceptors (Lipinski definition) is 6. The molecule has 196 valence electrons. The van der Waals surface area contributed by atoms with Crippen molar-refractivity contribution in [2.24, 2.45) is 5.92 Å². The van der Waals surface area contributed by atoms with Gasteiger partial charge in [0.2, 0.25) is 5.88 Å². The highest BCUT2D eigenvalue weighted by Gasteiger charge is 2.35. The summed E-state index contributed by atoms with van der Waals surface area (Å²) >= 11 is 6.98. The molecule has 0 unspecified atom stereocenters. The Morgan fingerprint density at radius 3 is 2.75 bits per heavy atom. The third kappa shape index (κ3) is 5.34. The zero-order valence-electron chi connectivity index (χ0n) is 22.0. The molecule has 0 N–H and O–H groups in total. The number of aryl methyl sites for hydroxylation is 2. The first-order valence-corrected chi connectivity index (χ1v) is 13.2. The lowest BCUT2D eigenvalue weighted by molar-refractivity contribution is 0.0443. The molecule has 0 aliphatic carbocycles. The Balaban J connectivity index is 1.68. The average Bonchev–Trinajstić information content (AvgIpc) is 3.39. The van der Waals surface area contributed by atoms with Crippen molar-refractivity contribution in [3.8, 4) is 11.6 Å². The monoisotopic (exact) mass is 516 g/mol. The Morgan fingerprint density at radius 1 is 1.28 bits per heavy atom. The van der Waals surface area contributed by atoms with Crippen LogP contribution in [0.2, 0.25) is 5.02 Å². The number of halogens is 1. The van der Waals surface area contributed by atoms with Crippen LogP contribution in [0.5, 0.6) is 11.6 Å². The van der Waals surface area contributed by atoms with Gasteiger partial charge in [0.1, 0.15) is 5.75 Å². The van der Waals surface area contributed by atoms with E-state index in [0.717, 1.165) is 53.6 Å². The normalized spacial score (nSPS) is 18.3. The molecule has 0 bridgehead atoms. The lowest BCUT2D eigenvalue weighted by atomic mass is 9.87. The van der Waals surface area contributed by atoms with Gasteiger partial charge in [0, 0.05) is 43.5 Å². The standard InChI is InChI=1S/C28H37ClN2O5/c1-6-7-11-36-27-22(23(33-4)14-18(3)30-27)15-31-10-8-20-17(2)13-21(25(29)24(20)28(31)32)26(34-5)19-9-12-35-16-19/h13-14,19,26H,6-12,15-16H2,1-5H3/t19-,26-/m1/s1. The summed E-state index contributed by atoms with van der Waals surface area (Å²) in [6, 6.07) is 3.97. The summed E-state index contributed by atoms with van der Waals surface area (Å²) in [6.07, 6.45) is 3.37. The van der Waals surface area contributed by atoms with Crippen LogP contribution < -0.4 is 9.47 Å². The van der Waals surface area contributed by atoms with E-state index >= 15 is 0 Å².